The van der Waals surface area contributed by atoms with Crippen LogP contribution in [0.4, 0.5) is 5.69 Å². The van der Waals surface area contributed by atoms with E-state index < -0.39 is 5.97 Å². The van der Waals surface area contributed by atoms with E-state index in [1.54, 1.807) is 24.3 Å². The van der Waals surface area contributed by atoms with E-state index in [1.165, 1.54) is 11.0 Å². The molecule has 96 valence electrons. The number of carbonyl (C=O) groups is 2. The highest BCUT2D eigenvalue weighted by atomic mass is 16.4. The minimum atomic E-state index is -1.04. The standard InChI is InChI=1S/C13H16N2O3/c1-2-6-15(9-13(17)18)12(16)8-10-4-3-5-11(14)7-10/h2-5,7H,1,6,8-9,14H2,(H,17,18). The highest BCUT2D eigenvalue weighted by molar-refractivity contribution is 5.83. The summed E-state index contributed by atoms with van der Waals surface area (Å²) in [6.07, 6.45) is 1.63. The Morgan fingerprint density at radius 3 is 2.72 bits per heavy atom. The Morgan fingerprint density at radius 1 is 1.44 bits per heavy atom. The molecule has 1 rings (SSSR count). The molecule has 0 saturated carbocycles. The number of carboxylic acids is 1. The maximum Gasteiger partial charge on any atom is 0.323 e. The molecule has 0 saturated heterocycles. The van der Waals surface area contributed by atoms with Crippen molar-refractivity contribution in [3.05, 3.63) is 42.5 Å². The molecule has 0 aliphatic rings. The Labute approximate surface area is 106 Å². The fourth-order valence-electron chi connectivity index (χ4n) is 1.56. The van der Waals surface area contributed by atoms with Gasteiger partial charge < -0.3 is 15.7 Å². The lowest BCUT2D eigenvalue weighted by molar-refractivity contribution is -0.143. The number of carboxylic acid groups (broad SMARTS) is 1. The largest absolute Gasteiger partial charge is 0.480 e. The quantitative estimate of drug-likeness (QED) is 0.579. The van der Waals surface area contributed by atoms with Crippen molar-refractivity contribution in [1.29, 1.82) is 0 Å². The van der Waals surface area contributed by atoms with Gasteiger partial charge in [0.1, 0.15) is 6.54 Å². The first-order valence-electron chi connectivity index (χ1n) is 5.48. The highest BCUT2D eigenvalue weighted by Crippen LogP contribution is 2.08. The minimum absolute atomic E-state index is 0.131. The van der Waals surface area contributed by atoms with E-state index in [9.17, 15) is 9.59 Å². The molecular formula is C13H16N2O3. The molecule has 5 heteroatoms. The Balaban J connectivity index is 2.71. The number of hydrogen-bond acceptors (Lipinski definition) is 3. The third-order valence-electron chi connectivity index (χ3n) is 2.33. The van der Waals surface area contributed by atoms with E-state index in [-0.39, 0.29) is 25.4 Å². The van der Waals surface area contributed by atoms with E-state index in [1.807, 2.05) is 0 Å². The molecule has 5 nitrogen and oxygen atoms in total. The van der Waals surface area contributed by atoms with Gasteiger partial charge in [0.05, 0.1) is 6.42 Å². The van der Waals surface area contributed by atoms with Crippen molar-refractivity contribution >= 4 is 17.6 Å². The van der Waals surface area contributed by atoms with Gasteiger partial charge >= 0.3 is 5.97 Å². The van der Waals surface area contributed by atoms with Gasteiger partial charge in [-0.3, -0.25) is 9.59 Å². The van der Waals surface area contributed by atoms with E-state index in [2.05, 4.69) is 6.58 Å². The average molecular weight is 248 g/mol. The first-order valence-corrected chi connectivity index (χ1v) is 5.48. The summed E-state index contributed by atoms with van der Waals surface area (Å²) >= 11 is 0. The Bertz CT molecular complexity index is 457. The van der Waals surface area contributed by atoms with Crippen LogP contribution in [0.1, 0.15) is 5.56 Å². The molecule has 0 aromatic heterocycles. The van der Waals surface area contributed by atoms with Gasteiger partial charge in [0.15, 0.2) is 0 Å². The maximum absolute atomic E-state index is 11.9. The second kappa shape index (κ2) is 6.44. The van der Waals surface area contributed by atoms with E-state index in [0.29, 0.717) is 5.69 Å². The van der Waals surface area contributed by atoms with Crippen LogP contribution in [0.15, 0.2) is 36.9 Å². The van der Waals surface area contributed by atoms with Crippen LogP contribution in [0.25, 0.3) is 0 Å². The van der Waals surface area contributed by atoms with Crippen molar-refractivity contribution in [2.75, 3.05) is 18.8 Å². The van der Waals surface area contributed by atoms with Crippen molar-refractivity contribution in [1.82, 2.24) is 4.90 Å². The van der Waals surface area contributed by atoms with Crippen LogP contribution in [-0.4, -0.2) is 35.0 Å². The van der Waals surface area contributed by atoms with Crippen LogP contribution in [0.3, 0.4) is 0 Å². The summed E-state index contributed by atoms with van der Waals surface area (Å²) in [4.78, 5) is 23.8. The van der Waals surface area contributed by atoms with Crippen LogP contribution in [0.5, 0.6) is 0 Å². The van der Waals surface area contributed by atoms with E-state index >= 15 is 0 Å². The monoisotopic (exact) mass is 248 g/mol. The lowest BCUT2D eigenvalue weighted by Crippen LogP contribution is -2.36. The summed E-state index contributed by atoms with van der Waals surface area (Å²) in [6.45, 7) is 3.39. The van der Waals surface area contributed by atoms with Crippen LogP contribution in [0, 0.1) is 0 Å². The van der Waals surface area contributed by atoms with Gasteiger partial charge in [-0.1, -0.05) is 18.2 Å². The van der Waals surface area contributed by atoms with E-state index in [4.69, 9.17) is 10.8 Å². The highest BCUT2D eigenvalue weighted by Gasteiger charge is 2.15. The number of aliphatic carboxylic acids is 1. The molecule has 0 spiro atoms. The molecule has 0 aliphatic heterocycles. The second-order valence-electron chi connectivity index (χ2n) is 3.88. The lowest BCUT2D eigenvalue weighted by Gasteiger charge is -2.18. The Kier molecular flexibility index (Phi) is 4.92. The summed E-state index contributed by atoms with van der Waals surface area (Å²) in [5.41, 5.74) is 6.96. The molecule has 0 aliphatic carbocycles. The third-order valence-corrected chi connectivity index (χ3v) is 2.33. The molecular weight excluding hydrogens is 232 g/mol. The molecule has 0 fully saturated rings. The fraction of sp³-hybridized carbons (Fsp3) is 0.231. The van der Waals surface area contributed by atoms with Gasteiger partial charge in [0.2, 0.25) is 5.91 Å². The molecule has 0 unspecified atom stereocenters. The first-order chi connectivity index (χ1) is 8.52. The fourth-order valence-corrected chi connectivity index (χ4v) is 1.56. The molecule has 0 heterocycles. The maximum atomic E-state index is 11.9. The topological polar surface area (TPSA) is 83.6 Å². The minimum Gasteiger partial charge on any atom is -0.480 e. The van der Waals surface area contributed by atoms with Crippen LogP contribution >= 0.6 is 0 Å². The average Bonchev–Trinajstić information content (AvgIpc) is 2.27. The molecule has 1 amide bonds. The third kappa shape index (κ3) is 4.29. The molecule has 0 atom stereocenters. The van der Waals surface area contributed by atoms with Crippen LogP contribution in [0.2, 0.25) is 0 Å². The zero-order valence-corrected chi connectivity index (χ0v) is 10.0. The number of nitrogens with two attached hydrogens (primary N) is 1. The van der Waals surface area contributed by atoms with Crippen molar-refractivity contribution in [2.24, 2.45) is 0 Å². The van der Waals surface area contributed by atoms with E-state index in [0.717, 1.165) is 5.56 Å². The second-order valence-corrected chi connectivity index (χ2v) is 3.88. The predicted molar refractivity (Wildman–Crippen MR) is 69.0 cm³/mol. The SMILES string of the molecule is C=CCN(CC(=O)O)C(=O)Cc1cccc(N)c1. The normalized spacial score (nSPS) is 9.78. The smallest absolute Gasteiger partial charge is 0.323 e. The summed E-state index contributed by atoms with van der Waals surface area (Å²) < 4.78 is 0. The molecule has 3 N–H and O–H groups in total. The Morgan fingerprint density at radius 2 is 2.17 bits per heavy atom. The Hall–Kier alpha value is -2.30. The van der Waals surface area contributed by atoms with Gasteiger partial charge in [-0.2, -0.15) is 0 Å². The number of nitrogen functional groups attached to an aromatic ring is 1. The first kappa shape index (κ1) is 13.8. The van der Waals surface area contributed by atoms with Gasteiger partial charge in [-0.15, -0.1) is 6.58 Å². The van der Waals surface area contributed by atoms with Crippen molar-refractivity contribution < 1.29 is 14.7 Å². The number of nitrogens with zero attached hydrogens (tertiary/aromatic N) is 1. The van der Waals surface area contributed by atoms with Crippen molar-refractivity contribution in [3.8, 4) is 0 Å². The molecule has 1 aromatic rings. The van der Waals surface area contributed by atoms with Gasteiger partial charge in [0.25, 0.3) is 0 Å². The summed E-state index contributed by atoms with van der Waals surface area (Å²) in [5.74, 6) is -1.30. The summed E-state index contributed by atoms with van der Waals surface area (Å²) in [7, 11) is 0. The van der Waals surface area contributed by atoms with Gasteiger partial charge in [-0.25, -0.2) is 0 Å². The lowest BCUT2D eigenvalue weighted by atomic mass is 10.1. The summed E-state index contributed by atoms with van der Waals surface area (Å²) in [5, 5.41) is 8.72. The molecule has 0 bridgehead atoms. The number of carbonyl (C=O) groups excluding carboxylic acids is 1. The number of rotatable bonds is 6. The molecule has 1 aromatic carbocycles. The van der Waals surface area contributed by atoms with Crippen molar-refractivity contribution in [2.45, 2.75) is 6.42 Å². The molecule has 0 radical (unpaired) electrons. The number of hydrogen-bond donors (Lipinski definition) is 2. The van der Waals surface area contributed by atoms with Crippen LogP contribution in [-0.2, 0) is 16.0 Å². The summed E-state index contributed by atoms with van der Waals surface area (Å²) in [6, 6.07) is 6.96. The predicted octanol–water partition coefficient (Wildman–Crippen LogP) is 0.910. The van der Waals surface area contributed by atoms with Gasteiger partial charge in [-0.05, 0) is 17.7 Å². The number of amides is 1. The van der Waals surface area contributed by atoms with Crippen molar-refractivity contribution in [3.63, 3.8) is 0 Å². The van der Waals surface area contributed by atoms with Crippen LogP contribution < -0.4 is 5.73 Å². The number of anilines is 1. The van der Waals surface area contributed by atoms with Gasteiger partial charge in [0, 0.05) is 12.2 Å². The molecule has 18 heavy (non-hydrogen) atoms. The number of benzene rings is 1. The zero-order valence-electron chi connectivity index (χ0n) is 10.0. The zero-order chi connectivity index (χ0) is 13.5.